The molecule has 2 amide bonds. The van der Waals surface area contributed by atoms with Crippen LogP contribution >= 0.6 is 0 Å². The van der Waals surface area contributed by atoms with E-state index < -0.39 is 22.0 Å². The van der Waals surface area contributed by atoms with Crippen molar-refractivity contribution in [2.45, 2.75) is 17.9 Å². The molecule has 0 radical (unpaired) electrons. The number of carbonyl (C=O) groups excluding carboxylic acids is 2. The van der Waals surface area contributed by atoms with Gasteiger partial charge in [0, 0.05) is 30.0 Å². The van der Waals surface area contributed by atoms with Crippen LogP contribution in [0.3, 0.4) is 0 Å². The van der Waals surface area contributed by atoms with Gasteiger partial charge in [0.1, 0.15) is 18.7 Å². The molecule has 4 rings (SSSR count). The molecule has 1 atom stereocenters. The molecular weight excluding hydrogens is 460 g/mol. The molecule has 0 aliphatic carbocycles. The molecule has 1 aliphatic rings. The third kappa shape index (κ3) is 5.30. The molecule has 12 heteroatoms. The number of aromatic nitrogens is 3. The van der Waals surface area contributed by atoms with Gasteiger partial charge in [-0.3, -0.25) is 9.59 Å². The summed E-state index contributed by atoms with van der Waals surface area (Å²) < 4.78 is 33.7. The molecular formula is C22H24N6O5S. The first-order valence-electron chi connectivity index (χ1n) is 10.6. The summed E-state index contributed by atoms with van der Waals surface area (Å²) in [6.07, 6.45) is 2.82. The summed E-state index contributed by atoms with van der Waals surface area (Å²) in [7, 11) is -3.71. The molecule has 34 heavy (non-hydrogen) atoms. The monoisotopic (exact) mass is 484 g/mol. The molecule has 0 saturated carbocycles. The average Bonchev–Trinajstić information content (AvgIpc) is 3.40. The Morgan fingerprint density at radius 3 is 2.35 bits per heavy atom. The molecule has 1 saturated heterocycles. The van der Waals surface area contributed by atoms with Gasteiger partial charge in [-0.2, -0.15) is 9.40 Å². The molecule has 2 heterocycles. The van der Waals surface area contributed by atoms with Crippen LogP contribution in [0.25, 0.3) is 0 Å². The van der Waals surface area contributed by atoms with Gasteiger partial charge in [-0.25, -0.2) is 18.1 Å². The zero-order valence-corrected chi connectivity index (χ0v) is 19.2. The number of nitrogens with one attached hydrogen (secondary N) is 2. The van der Waals surface area contributed by atoms with Crippen molar-refractivity contribution in [3.63, 3.8) is 0 Å². The van der Waals surface area contributed by atoms with Crippen molar-refractivity contribution in [2.24, 2.45) is 0 Å². The third-order valence-electron chi connectivity index (χ3n) is 5.33. The van der Waals surface area contributed by atoms with Crippen molar-refractivity contribution in [1.82, 2.24) is 19.1 Å². The van der Waals surface area contributed by atoms with Crippen LogP contribution in [0.15, 0.2) is 66.1 Å². The predicted octanol–water partition coefficient (Wildman–Crippen LogP) is 1.75. The van der Waals surface area contributed by atoms with Crippen molar-refractivity contribution in [3.05, 3.63) is 66.7 Å². The van der Waals surface area contributed by atoms with Crippen molar-refractivity contribution in [1.29, 1.82) is 0 Å². The maximum atomic E-state index is 12.9. The fourth-order valence-corrected chi connectivity index (χ4v) is 4.81. The van der Waals surface area contributed by atoms with E-state index in [2.05, 4.69) is 20.7 Å². The summed E-state index contributed by atoms with van der Waals surface area (Å²) in [5.41, 5.74) is 1.26. The zero-order chi connectivity index (χ0) is 24.1. The van der Waals surface area contributed by atoms with Gasteiger partial charge >= 0.3 is 0 Å². The molecule has 178 valence electrons. The lowest BCUT2D eigenvalue weighted by Crippen LogP contribution is -2.40. The number of hydrogen-bond donors (Lipinski definition) is 2. The number of rotatable bonds is 7. The number of sulfonamides is 1. The maximum Gasteiger partial charge on any atom is 0.255 e. The average molecular weight is 485 g/mol. The normalized spacial score (nSPS) is 15.4. The molecule has 11 nitrogen and oxygen atoms in total. The quantitative estimate of drug-likeness (QED) is 0.521. The number of anilines is 2. The summed E-state index contributed by atoms with van der Waals surface area (Å²) in [4.78, 5) is 29.0. The lowest BCUT2D eigenvalue weighted by atomic mass is 10.2. The second-order valence-electron chi connectivity index (χ2n) is 7.62. The second kappa shape index (κ2) is 10.1. The Kier molecular flexibility index (Phi) is 7.01. The highest BCUT2D eigenvalue weighted by atomic mass is 32.2. The first-order chi connectivity index (χ1) is 16.3. The van der Waals surface area contributed by atoms with Gasteiger partial charge in [0.25, 0.3) is 5.91 Å². The highest BCUT2D eigenvalue weighted by Gasteiger charge is 2.27. The Balaban J connectivity index is 1.40. The summed E-state index contributed by atoms with van der Waals surface area (Å²) >= 11 is 0. The standard InChI is InChI=1S/C22H24N6O5S/c1-16(28-15-23-14-24-28)21(29)25-18-5-7-19(8-6-18)26-22(30)17-3-2-4-20(13-17)34(31,32)27-9-11-33-12-10-27/h2-8,13-16H,9-12H2,1H3,(H,25,29)(H,26,30). The Hall–Kier alpha value is -3.61. The van der Waals surface area contributed by atoms with Gasteiger partial charge in [-0.05, 0) is 49.4 Å². The van der Waals surface area contributed by atoms with Crippen molar-refractivity contribution < 1.29 is 22.7 Å². The zero-order valence-electron chi connectivity index (χ0n) is 18.4. The van der Waals surface area contributed by atoms with E-state index in [0.717, 1.165) is 0 Å². The largest absolute Gasteiger partial charge is 0.379 e. The Bertz CT molecular complexity index is 1260. The number of carbonyl (C=O) groups is 2. The van der Waals surface area contributed by atoms with Gasteiger partial charge in [0.2, 0.25) is 15.9 Å². The van der Waals surface area contributed by atoms with Crippen LogP contribution in [0.1, 0.15) is 23.3 Å². The molecule has 2 N–H and O–H groups in total. The predicted molar refractivity (Wildman–Crippen MR) is 124 cm³/mol. The lowest BCUT2D eigenvalue weighted by molar-refractivity contribution is -0.119. The Morgan fingerprint density at radius 2 is 1.71 bits per heavy atom. The SMILES string of the molecule is CC(C(=O)Nc1ccc(NC(=O)c2cccc(S(=O)(=O)N3CCOCC3)c2)cc1)n1cncn1. The molecule has 1 aliphatic heterocycles. The van der Waals surface area contributed by atoms with Gasteiger partial charge in [-0.1, -0.05) is 6.07 Å². The fraction of sp³-hybridized carbons (Fsp3) is 0.273. The first kappa shape index (κ1) is 23.5. The van der Waals surface area contributed by atoms with Crippen LogP contribution in [-0.4, -0.2) is 65.6 Å². The molecule has 1 aromatic heterocycles. The van der Waals surface area contributed by atoms with Crippen LogP contribution < -0.4 is 10.6 Å². The van der Waals surface area contributed by atoms with E-state index in [1.807, 2.05) is 0 Å². The number of morpholine rings is 1. The molecule has 0 bridgehead atoms. The minimum atomic E-state index is -3.71. The maximum absolute atomic E-state index is 12.9. The summed E-state index contributed by atoms with van der Waals surface area (Å²) in [6, 6.07) is 12.0. The van der Waals surface area contributed by atoms with E-state index in [-0.39, 0.29) is 29.5 Å². The van der Waals surface area contributed by atoms with Crippen LogP contribution in [0.2, 0.25) is 0 Å². The van der Waals surface area contributed by atoms with Crippen LogP contribution in [0.5, 0.6) is 0 Å². The number of ether oxygens (including phenoxy) is 1. The van der Waals surface area contributed by atoms with E-state index in [0.29, 0.717) is 24.6 Å². The summed E-state index contributed by atoms with van der Waals surface area (Å²) in [6.45, 7) is 2.94. The first-order valence-corrected chi connectivity index (χ1v) is 12.0. The van der Waals surface area contributed by atoms with Gasteiger partial charge in [-0.15, -0.1) is 0 Å². The minimum absolute atomic E-state index is 0.0570. The van der Waals surface area contributed by atoms with Gasteiger partial charge < -0.3 is 15.4 Å². The number of nitrogens with zero attached hydrogens (tertiary/aromatic N) is 4. The fourth-order valence-electron chi connectivity index (χ4n) is 3.36. The summed E-state index contributed by atoms with van der Waals surface area (Å²) in [5, 5.41) is 9.47. The summed E-state index contributed by atoms with van der Waals surface area (Å²) in [5.74, 6) is -0.712. The van der Waals surface area contributed by atoms with Crippen LogP contribution in [-0.2, 0) is 19.6 Å². The van der Waals surface area contributed by atoms with Crippen molar-refractivity contribution in [2.75, 3.05) is 36.9 Å². The molecule has 3 aromatic rings. The lowest BCUT2D eigenvalue weighted by Gasteiger charge is -2.26. The number of amides is 2. The number of benzene rings is 2. The Morgan fingerprint density at radius 1 is 1.03 bits per heavy atom. The van der Waals surface area contributed by atoms with E-state index in [4.69, 9.17) is 4.74 Å². The minimum Gasteiger partial charge on any atom is -0.379 e. The highest BCUT2D eigenvalue weighted by molar-refractivity contribution is 7.89. The van der Waals surface area contributed by atoms with Crippen molar-refractivity contribution >= 4 is 33.2 Å². The smallest absolute Gasteiger partial charge is 0.255 e. The van der Waals surface area contributed by atoms with Gasteiger partial charge in [0.05, 0.1) is 18.1 Å². The molecule has 1 fully saturated rings. The van der Waals surface area contributed by atoms with E-state index in [9.17, 15) is 18.0 Å². The van der Waals surface area contributed by atoms with Gasteiger partial charge in [0.15, 0.2) is 0 Å². The van der Waals surface area contributed by atoms with E-state index in [1.165, 1.54) is 39.8 Å². The van der Waals surface area contributed by atoms with E-state index in [1.54, 1.807) is 37.3 Å². The van der Waals surface area contributed by atoms with Crippen LogP contribution in [0, 0.1) is 0 Å². The van der Waals surface area contributed by atoms with Crippen molar-refractivity contribution in [3.8, 4) is 0 Å². The highest BCUT2D eigenvalue weighted by Crippen LogP contribution is 2.20. The third-order valence-corrected chi connectivity index (χ3v) is 7.22. The molecule has 0 spiro atoms. The number of hydrogen-bond acceptors (Lipinski definition) is 7. The molecule has 2 aromatic carbocycles. The molecule has 1 unspecified atom stereocenters. The topological polar surface area (TPSA) is 136 Å². The Labute approximate surface area is 196 Å². The van der Waals surface area contributed by atoms with E-state index >= 15 is 0 Å². The van der Waals surface area contributed by atoms with Crippen LogP contribution in [0.4, 0.5) is 11.4 Å². The second-order valence-corrected chi connectivity index (χ2v) is 9.55.